The van der Waals surface area contributed by atoms with Gasteiger partial charge in [-0.1, -0.05) is 6.92 Å². The number of aromatic nitrogens is 2. The summed E-state index contributed by atoms with van der Waals surface area (Å²) >= 11 is 0. The van der Waals surface area contributed by atoms with Crippen LogP contribution < -0.4 is 15.2 Å². The van der Waals surface area contributed by atoms with E-state index in [-0.39, 0.29) is 0 Å². The van der Waals surface area contributed by atoms with E-state index in [1.165, 1.54) is 14.2 Å². The smallest absolute Gasteiger partial charge is 0.262 e. The highest BCUT2D eigenvalue weighted by Gasteiger charge is 2.12. The monoisotopic (exact) mass is 183 g/mol. The first-order valence-corrected chi connectivity index (χ1v) is 3.97. The first-order valence-electron chi connectivity index (χ1n) is 3.97. The van der Waals surface area contributed by atoms with Crippen molar-refractivity contribution >= 4 is 5.82 Å². The van der Waals surface area contributed by atoms with Gasteiger partial charge in [0.25, 0.3) is 5.88 Å². The second-order valence-corrected chi connectivity index (χ2v) is 2.42. The molecule has 0 saturated heterocycles. The summed E-state index contributed by atoms with van der Waals surface area (Å²) in [5.74, 6) is 1.73. The second-order valence-electron chi connectivity index (χ2n) is 2.42. The molecule has 0 fully saturated rings. The molecular weight excluding hydrogens is 170 g/mol. The molecule has 0 bridgehead atoms. The summed E-state index contributed by atoms with van der Waals surface area (Å²) in [5.41, 5.74) is 5.63. The highest BCUT2D eigenvalue weighted by Crippen LogP contribution is 2.29. The number of nitrogen functional groups attached to an aromatic ring is 1. The number of aryl methyl sites for hydroxylation is 1. The molecule has 5 heteroatoms. The van der Waals surface area contributed by atoms with E-state index in [0.29, 0.717) is 29.7 Å². The maximum absolute atomic E-state index is 5.63. The number of hydrogen-bond donors (Lipinski definition) is 1. The average Bonchev–Trinajstić information content (AvgIpc) is 2.16. The number of ether oxygens (including phenoxy) is 2. The number of nitrogens with two attached hydrogens (primary N) is 1. The summed E-state index contributed by atoms with van der Waals surface area (Å²) in [6.45, 7) is 1.95. The first kappa shape index (κ1) is 9.57. The van der Waals surface area contributed by atoms with E-state index in [0.717, 1.165) is 0 Å². The van der Waals surface area contributed by atoms with E-state index in [1.54, 1.807) is 0 Å². The molecule has 2 N–H and O–H groups in total. The van der Waals surface area contributed by atoms with Crippen LogP contribution in [-0.4, -0.2) is 24.2 Å². The van der Waals surface area contributed by atoms with Crippen molar-refractivity contribution in [1.82, 2.24) is 9.97 Å². The largest absolute Gasteiger partial charge is 0.489 e. The van der Waals surface area contributed by atoms with Crippen LogP contribution >= 0.6 is 0 Å². The lowest BCUT2D eigenvalue weighted by Crippen LogP contribution is -2.04. The number of hydrogen-bond acceptors (Lipinski definition) is 5. The third kappa shape index (κ3) is 1.80. The Hall–Kier alpha value is -1.52. The van der Waals surface area contributed by atoms with Crippen LogP contribution in [0.2, 0.25) is 0 Å². The van der Waals surface area contributed by atoms with E-state index in [2.05, 4.69) is 9.97 Å². The molecule has 0 aliphatic rings. The van der Waals surface area contributed by atoms with Gasteiger partial charge in [-0.15, -0.1) is 0 Å². The van der Waals surface area contributed by atoms with Crippen molar-refractivity contribution in [1.29, 1.82) is 0 Å². The fraction of sp³-hybridized carbons (Fsp3) is 0.500. The van der Waals surface area contributed by atoms with Crippen molar-refractivity contribution in [3.05, 3.63) is 5.82 Å². The van der Waals surface area contributed by atoms with Gasteiger partial charge in [-0.3, -0.25) is 0 Å². The Morgan fingerprint density at radius 2 is 1.92 bits per heavy atom. The van der Waals surface area contributed by atoms with Gasteiger partial charge in [-0.05, 0) is 0 Å². The Morgan fingerprint density at radius 3 is 2.38 bits per heavy atom. The van der Waals surface area contributed by atoms with E-state index >= 15 is 0 Å². The van der Waals surface area contributed by atoms with Crippen LogP contribution in [-0.2, 0) is 6.42 Å². The van der Waals surface area contributed by atoms with E-state index in [4.69, 9.17) is 15.2 Å². The van der Waals surface area contributed by atoms with Crippen LogP contribution in [0.4, 0.5) is 5.82 Å². The average molecular weight is 183 g/mol. The van der Waals surface area contributed by atoms with Crippen molar-refractivity contribution in [2.45, 2.75) is 13.3 Å². The topological polar surface area (TPSA) is 70.3 Å². The highest BCUT2D eigenvalue weighted by molar-refractivity contribution is 5.52. The lowest BCUT2D eigenvalue weighted by molar-refractivity contribution is 0.341. The molecule has 5 nitrogen and oxygen atoms in total. The molecule has 0 aliphatic heterocycles. The lowest BCUT2D eigenvalue weighted by Gasteiger charge is -2.09. The normalized spacial score (nSPS) is 9.77. The molecule has 13 heavy (non-hydrogen) atoms. The van der Waals surface area contributed by atoms with Gasteiger partial charge in [0.05, 0.1) is 14.2 Å². The summed E-state index contributed by atoms with van der Waals surface area (Å²) in [6, 6.07) is 0. The third-order valence-corrected chi connectivity index (χ3v) is 1.62. The Labute approximate surface area is 76.9 Å². The van der Waals surface area contributed by atoms with Gasteiger partial charge in [0.2, 0.25) is 5.75 Å². The van der Waals surface area contributed by atoms with Gasteiger partial charge in [-0.25, -0.2) is 4.98 Å². The van der Waals surface area contributed by atoms with Crippen molar-refractivity contribution in [3.8, 4) is 11.6 Å². The molecule has 0 saturated carbocycles. The summed E-state index contributed by atoms with van der Waals surface area (Å²) < 4.78 is 9.99. The van der Waals surface area contributed by atoms with Crippen LogP contribution in [0.3, 0.4) is 0 Å². The van der Waals surface area contributed by atoms with E-state index < -0.39 is 0 Å². The number of anilines is 1. The van der Waals surface area contributed by atoms with Crippen LogP contribution in [0.1, 0.15) is 12.7 Å². The molecule has 0 amide bonds. The summed E-state index contributed by atoms with van der Waals surface area (Å²) in [6.07, 6.45) is 0.713. The van der Waals surface area contributed by atoms with Gasteiger partial charge < -0.3 is 15.2 Å². The molecule has 0 spiro atoms. The highest BCUT2D eigenvalue weighted by atomic mass is 16.5. The Balaban J connectivity index is 3.20. The Morgan fingerprint density at radius 1 is 1.23 bits per heavy atom. The molecule has 72 valence electrons. The van der Waals surface area contributed by atoms with Gasteiger partial charge in [0.1, 0.15) is 5.82 Å². The summed E-state index contributed by atoms with van der Waals surface area (Å²) in [7, 11) is 3.02. The molecule has 0 unspecified atom stereocenters. The third-order valence-electron chi connectivity index (χ3n) is 1.62. The zero-order valence-corrected chi connectivity index (χ0v) is 8.00. The molecule has 0 aromatic carbocycles. The van der Waals surface area contributed by atoms with Crippen LogP contribution in [0, 0.1) is 0 Å². The Kier molecular flexibility index (Phi) is 2.89. The molecular formula is C8H13N3O2. The number of nitrogens with zero attached hydrogens (tertiary/aromatic N) is 2. The van der Waals surface area contributed by atoms with Crippen LogP contribution in [0.25, 0.3) is 0 Å². The van der Waals surface area contributed by atoms with Crippen molar-refractivity contribution in [2.75, 3.05) is 20.0 Å². The quantitative estimate of drug-likeness (QED) is 0.744. The number of methoxy groups -OCH3 is 2. The predicted molar refractivity (Wildman–Crippen MR) is 48.9 cm³/mol. The predicted octanol–water partition coefficient (Wildman–Crippen LogP) is 0.638. The molecule has 1 rings (SSSR count). The van der Waals surface area contributed by atoms with Gasteiger partial charge in [0.15, 0.2) is 5.82 Å². The molecule has 1 heterocycles. The fourth-order valence-electron chi connectivity index (χ4n) is 0.981. The van der Waals surface area contributed by atoms with E-state index in [9.17, 15) is 0 Å². The molecule has 1 aromatic rings. The second kappa shape index (κ2) is 3.93. The minimum atomic E-state index is 0.311. The standard InChI is InChI=1S/C8H13N3O2/c1-4-5-10-7(9)6(12-2)8(11-5)13-3/h4H2,1-3H3,(H2,9,10,11). The maximum Gasteiger partial charge on any atom is 0.262 e. The SMILES string of the molecule is CCc1nc(N)c(OC)c(OC)n1. The number of rotatable bonds is 3. The van der Waals surface area contributed by atoms with Crippen LogP contribution in [0.5, 0.6) is 11.6 Å². The minimum Gasteiger partial charge on any atom is -0.489 e. The maximum atomic E-state index is 5.63. The molecule has 1 aromatic heterocycles. The summed E-state index contributed by atoms with van der Waals surface area (Å²) in [4.78, 5) is 8.14. The molecule has 0 radical (unpaired) electrons. The Bertz CT molecular complexity index is 302. The van der Waals surface area contributed by atoms with Crippen molar-refractivity contribution in [3.63, 3.8) is 0 Å². The van der Waals surface area contributed by atoms with E-state index in [1.807, 2.05) is 6.92 Å². The van der Waals surface area contributed by atoms with Gasteiger partial charge in [0, 0.05) is 6.42 Å². The fourth-order valence-corrected chi connectivity index (χ4v) is 0.981. The van der Waals surface area contributed by atoms with Crippen LogP contribution in [0.15, 0.2) is 0 Å². The molecule has 0 aliphatic carbocycles. The van der Waals surface area contributed by atoms with Gasteiger partial charge >= 0.3 is 0 Å². The van der Waals surface area contributed by atoms with Crippen molar-refractivity contribution in [2.24, 2.45) is 0 Å². The van der Waals surface area contributed by atoms with Gasteiger partial charge in [-0.2, -0.15) is 4.98 Å². The zero-order chi connectivity index (χ0) is 9.84. The zero-order valence-electron chi connectivity index (χ0n) is 8.00. The molecule has 0 atom stereocenters. The minimum absolute atomic E-state index is 0.311. The first-order chi connectivity index (χ1) is 6.22. The lowest BCUT2D eigenvalue weighted by atomic mass is 10.4. The summed E-state index contributed by atoms with van der Waals surface area (Å²) in [5, 5.41) is 0. The van der Waals surface area contributed by atoms with Crippen molar-refractivity contribution < 1.29 is 9.47 Å².